The molecule has 0 aromatic heterocycles. The summed E-state index contributed by atoms with van der Waals surface area (Å²) in [6.45, 7) is 6.85. The van der Waals surface area contributed by atoms with E-state index in [4.69, 9.17) is 6.58 Å². The summed E-state index contributed by atoms with van der Waals surface area (Å²) in [6, 6.07) is 0. The second-order valence-corrected chi connectivity index (χ2v) is 0.718. The van der Waals surface area contributed by atoms with Crippen molar-refractivity contribution in [2.45, 2.75) is 6.92 Å². The predicted octanol–water partition coefficient (Wildman–Crippen LogP) is 1.55. The van der Waals surface area contributed by atoms with Crippen LogP contribution in [-0.4, -0.2) is 0 Å². The van der Waals surface area contributed by atoms with Crippen LogP contribution in [0.15, 0.2) is 18.2 Å². The van der Waals surface area contributed by atoms with Crippen LogP contribution in [0.5, 0.6) is 0 Å². The first kappa shape index (κ1) is 9.36. The molecule has 38 valence electrons. The largest absolute Gasteiger partial charge is 0.293 e. The first-order valence-electron chi connectivity index (χ1n) is 1.58. The van der Waals surface area contributed by atoms with E-state index in [9.17, 15) is 0 Å². The van der Waals surface area contributed by atoms with Crippen LogP contribution in [0, 0.1) is 6.58 Å². The zero-order chi connectivity index (χ0) is 4.12. The van der Waals surface area contributed by atoms with Crippen molar-refractivity contribution >= 4 is 0 Å². The summed E-state index contributed by atoms with van der Waals surface area (Å²) < 4.78 is 0. The zero-order valence-electron chi connectivity index (χ0n) is 3.63. The van der Waals surface area contributed by atoms with Gasteiger partial charge in [-0.15, -0.1) is 0 Å². The minimum Gasteiger partial charge on any atom is -0.293 e. The Morgan fingerprint density at radius 1 is 1.50 bits per heavy atom. The van der Waals surface area contributed by atoms with Crippen molar-refractivity contribution in [2.75, 3.05) is 0 Å². The molecule has 0 atom stereocenters. The average molecular weight is 126 g/mol. The SMILES string of the molecule is [CH-]=CC=CC.[Ni]. The van der Waals surface area contributed by atoms with Gasteiger partial charge in [0.1, 0.15) is 0 Å². The van der Waals surface area contributed by atoms with E-state index >= 15 is 0 Å². The van der Waals surface area contributed by atoms with Gasteiger partial charge in [0.15, 0.2) is 0 Å². The molecule has 0 N–H and O–H groups in total. The summed E-state index contributed by atoms with van der Waals surface area (Å²) in [7, 11) is 0. The monoisotopic (exact) mass is 125 g/mol. The summed E-state index contributed by atoms with van der Waals surface area (Å²) in [5, 5.41) is 0. The third kappa shape index (κ3) is 9.02. The molecule has 0 aromatic rings. The Morgan fingerprint density at radius 2 is 2.00 bits per heavy atom. The number of hydrogen-bond donors (Lipinski definition) is 0. The second-order valence-electron chi connectivity index (χ2n) is 0.718. The van der Waals surface area contributed by atoms with Gasteiger partial charge in [0.25, 0.3) is 0 Å². The maximum atomic E-state index is 4.93. The first-order valence-corrected chi connectivity index (χ1v) is 1.58. The fraction of sp³-hybridized carbons (Fsp3) is 0.200. The summed E-state index contributed by atoms with van der Waals surface area (Å²) in [6.07, 6.45) is 5.15. The van der Waals surface area contributed by atoms with Gasteiger partial charge in [-0.05, 0) is 0 Å². The third-order valence-electron chi connectivity index (χ3n) is 0.304. The van der Waals surface area contributed by atoms with E-state index in [-0.39, 0.29) is 16.5 Å². The molecule has 0 saturated heterocycles. The molecular formula is C5H7Ni-. The molecule has 0 saturated carbocycles. The van der Waals surface area contributed by atoms with Crippen LogP contribution in [0.1, 0.15) is 6.92 Å². The van der Waals surface area contributed by atoms with Crippen LogP contribution < -0.4 is 0 Å². The molecular weight excluding hydrogens is 119 g/mol. The molecule has 0 amide bonds. The summed E-state index contributed by atoms with van der Waals surface area (Å²) in [5.74, 6) is 0. The van der Waals surface area contributed by atoms with Crippen molar-refractivity contribution in [3.63, 3.8) is 0 Å². The quantitative estimate of drug-likeness (QED) is 0.284. The molecule has 0 aliphatic heterocycles. The fourth-order valence-electron chi connectivity index (χ4n) is 0.111. The van der Waals surface area contributed by atoms with Crippen molar-refractivity contribution in [2.24, 2.45) is 0 Å². The minimum atomic E-state index is 0. The van der Waals surface area contributed by atoms with Gasteiger partial charge in [-0.1, -0.05) is 6.92 Å². The van der Waals surface area contributed by atoms with E-state index in [0.29, 0.717) is 0 Å². The van der Waals surface area contributed by atoms with Crippen molar-refractivity contribution in [1.29, 1.82) is 0 Å². The topological polar surface area (TPSA) is 0 Å². The van der Waals surface area contributed by atoms with Crippen LogP contribution in [0.2, 0.25) is 0 Å². The smallest absolute Gasteiger partial charge is 0 e. The van der Waals surface area contributed by atoms with Gasteiger partial charge < -0.3 is 0 Å². The van der Waals surface area contributed by atoms with Crippen LogP contribution in [0.25, 0.3) is 0 Å². The number of rotatable bonds is 1. The Morgan fingerprint density at radius 3 is 2.00 bits per heavy atom. The molecule has 1 heteroatoms. The summed E-state index contributed by atoms with van der Waals surface area (Å²) in [4.78, 5) is 0. The van der Waals surface area contributed by atoms with Crippen LogP contribution in [0.4, 0.5) is 0 Å². The van der Waals surface area contributed by atoms with E-state index in [0.717, 1.165) is 0 Å². The molecule has 0 aromatic carbocycles. The van der Waals surface area contributed by atoms with E-state index < -0.39 is 0 Å². The number of allylic oxidation sites excluding steroid dienone is 3. The Balaban J connectivity index is 0. The molecule has 0 nitrogen and oxygen atoms in total. The van der Waals surface area contributed by atoms with Gasteiger partial charge in [-0.25, -0.2) is 12.2 Å². The summed E-state index contributed by atoms with van der Waals surface area (Å²) in [5.41, 5.74) is 0. The first-order chi connectivity index (χ1) is 2.41. The Hall–Kier alpha value is -0.0265. The standard InChI is InChI=1S/C5H7.Ni/c1-3-5-4-2;/h1,3-5H,2H3;/q-1;. The minimum absolute atomic E-state index is 0. The van der Waals surface area contributed by atoms with E-state index in [1.807, 2.05) is 13.0 Å². The predicted molar refractivity (Wildman–Crippen MR) is 23.7 cm³/mol. The van der Waals surface area contributed by atoms with Gasteiger partial charge in [-0.3, -0.25) is 6.58 Å². The molecule has 0 radical (unpaired) electrons. The molecule has 0 unspecified atom stereocenters. The van der Waals surface area contributed by atoms with E-state index in [1.165, 1.54) is 6.08 Å². The van der Waals surface area contributed by atoms with Crippen molar-refractivity contribution < 1.29 is 16.5 Å². The van der Waals surface area contributed by atoms with Gasteiger partial charge in [0.2, 0.25) is 0 Å². The van der Waals surface area contributed by atoms with Gasteiger partial charge >= 0.3 is 0 Å². The molecule has 0 fully saturated rings. The van der Waals surface area contributed by atoms with Crippen LogP contribution in [-0.2, 0) is 16.5 Å². The van der Waals surface area contributed by atoms with Crippen LogP contribution >= 0.6 is 0 Å². The van der Waals surface area contributed by atoms with Crippen molar-refractivity contribution in [3.05, 3.63) is 24.8 Å². The van der Waals surface area contributed by atoms with E-state index in [1.54, 1.807) is 6.08 Å². The molecule has 0 aliphatic rings. The Labute approximate surface area is 48.9 Å². The van der Waals surface area contributed by atoms with Gasteiger partial charge in [0, 0.05) is 16.5 Å². The molecule has 6 heavy (non-hydrogen) atoms. The Kier molecular flexibility index (Phi) is 13.9. The maximum absolute atomic E-state index is 4.93. The maximum Gasteiger partial charge on any atom is 0 e. The van der Waals surface area contributed by atoms with Crippen molar-refractivity contribution in [3.8, 4) is 0 Å². The zero-order valence-corrected chi connectivity index (χ0v) is 4.61. The third-order valence-corrected chi connectivity index (χ3v) is 0.304. The molecule has 0 bridgehead atoms. The normalized spacial score (nSPS) is 7.50. The van der Waals surface area contributed by atoms with E-state index in [2.05, 4.69) is 0 Å². The number of hydrogen-bond acceptors (Lipinski definition) is 0. The average Bonchev–Trinajstić information content (AvgIpc) is 1.41. The van der Waals surface area contributed by atoms with Crippen molar-refractivity contribution in [1.82, 2.24) is 0 Å². The molecule has 0 aliphatic carbocycles. The molecule has 0 rings (SSSR count). The Bertz CT molecular complexity index is 45.9. The molecule has 0 heterocycles. The molecule has 0 spiro atoms. The van der Waals surface area contributed by atoms with Gasteiger partial charge in [0.05, 0.1) is 0 Å². The van der Waals surface area contributed by atoms with Crippen LogP contribution in [0.3, 0.4) is 0 Å². The second kappa shape index (κ2) is 8.88. The van der Waals surface area contributed by atoms with Gasteiger partial charge in [-0.2, -0.15) is 6.08 Å². The fourth-order valence-corrected chi connectivity index (χ4v) is 0.111. The summed E-state index contributed by atoms with van der Waals surface area (Å²) >= 11 is 0.